The fraction of sp³-hybridized carbons (Fsp3) is 0.364. The molecule has 0 aliphatic carbocycles. The third-order valence-electron chi connectivity index (χ3n) is 2.88. The van der Waals surface area contributed by atoms with Gasteiger partial charge in [0.25, 0.3) is 11.6 Å². The molecule has 0 saturated carbocycles. The summed E-state index contributed by atoms with van der Waals surface area (Å²) in [7, 11) is 0. The highest BCUT2D eigenvalue weighted by molar-refractivity contribution is 6.00. The molecular formula is C11H14N4O4. The smallest absolute Gasteiger partial charge is 0.270 e. The lowest BCUT2D eigenvalue weighted by Gasteiger charge is -2.13. The summed E-state index contributed by atoms with van der Waals surface area (Å²) in [5.74, 6) is 4.89. The molecule has 0 aromatic heterocycles. The highest BCUT2D eigenvalue weighted by Gasteiger charge is 2.21. The SMILES string of the molecule is NNc1ccc([N+](=O)[O-])cc1C(=O)NC1CCOC1. The Morgan fingerprint density at radius 3 is 2.89 bits per heavy atom. The summed E-state index contributed by atoms with van der Waals surface area (Å²) in [5.41, 5.74) is 2.67. The molecule has 8 heteroatoms. The van der Waals surface area contributed by atoms with Gasteiger partial charge in [-0.1, -0.05) is 0 Å². The fourth-order valence-corrected chi connectivity index (χ4v) is 1.87. The average molecular weight is 266 g/mol. The number of carbonyl (C=O) groups is 1. The Labute approximate surface area is 109 Å². The maximum Gasteiger partial charge on any atom is 0.270 e. The summed E-state index contributed by atoms with van der Waals surface area (Å²) < 4.78 is 5.15. The lowest BCUT2D eigenvalue weighted by Crippen LogP contribution is -2.35. The summed E-state index contributed by atoms with van der Waals surface area (Å²) >= 11 is 0. The average Bonchev–Trinajstić information content (AvgIpc) is 2.90. The predicted molar refractivity (Wildman–Crippen MR) is 67.6 cm³/mol. The number of amides is 1. The molecule has 0 spiro atoms. The maximum absolute atomic E-state index is 12.1. The van der Waals surface area contributed by atoms with Gasteiger partial charge >= 0.3 is 0 Å². The zero-order chi connectivity index (χ0) is 13.8. The lowest BCUT2D eigenvalue weighted by atomic mass is 10.1. The first-order valence-corrected chi connectivity index (χ1v) is 5.75. The summed E-state index contributed by atoms with van der Waals surface area (Å²) in [6, 6.07) is 3.81. The molecular weight excluding hydrogens is 252 g/mol. The van der Waals surface area contributed by atoms with Crippen molar-refractivity contribution in [1.29, 1.82) is 0 Å². The molecule has 2 rings (SSSR count). The Hall–Kier alpha value is -2.19. The second-order valence-corrected chi connectivity index (χ2v) is 4.17. The van der Waals surface area contributed by atoms with Crippen molar-refractivity contribution >= 4 is 17.3 Å². The molecule has 8 nitrogen and oxygen atoms in total. The molecule has 1 atom stereocenters. The van der Waals surface area contributed by atoms with E-state index >= 15 is 0 Å². The first-order valence-electron chi connectivity index (χ1n) is 5.75. The maximum atomic E-state index is 12.1. The molecule has 1 aliphatic rings. The molecule has 0 bridgehead atoms. The number of nitro groups is 1. The van der Waals surface area contributed by atoms with Gasteiger partial charge in [0.1, 0.15) is 0 Å². The van der Waals surface area contributed by atoms with E-state index in [1.807, 2.05) is 0 Å². The van der Waals surface area contributed by atoms with Gasteiger partial charge in [-0.2, -0.15) is 0 Å². The van der Waals surface area contributed by atoms with E-state index in [9.17, 15) is 14.9 Å². The summed E-state index contributed by atoms with van der Waals surface area (Å²) in [6.45, 7) is 1.05. The van der Waals surface area contributed by atoms with Gasteiger partial charge < -0.3 is 15.5 Å². The van der Waals surface area contributed by atoms with Crippen LogP contribution in [0.4, 0.5) is 11.4 Å². The molecule has 1 heterocycles. The molecule has 102 valence electrons. The number of anilines is 1. The molecule has 19 heavy (non-hydrogen) atoms. The van der Waals surface area contributed by atoms with Crippen molar-refractivity contribution in [3.8, 4) is 0 Å². The van der Waals surface area contributed by atoms with Crippen LogP contribution in [-0.4, -0.2) is 30.1 Å². The number of hydrogen-bond donors (Lipinski definition) is 3. The van der Waals surface area contributed by atoms with Crippen LogP contribution in [0.15, 0.2) is 18.2 Å². The van der Waals surface area contributed by atoms with Gasteiger partial charge in [-0.3, -0.25) is 20.8 Å². The van der Waals surface area contributed by atoms with E-state index in [1.54, 1.807) is 0 Å². The van der Waals surface area contributed by atoms with Crippen molar-refractivity contribution in [3.05, 3.63) is 33.9 Å². The van der Waals surface area contributed by atoms with Gasteiger partial charge in [0.15, 0.2) is 0 Å². The highest BCUT2D eigenvalue weighted by Crippen LogP contribution is 2.21. The Morgan fingerprint density at radius 2 is 2.32 bits per heavy atom. The van der Waals surface area contributed by atoms with E-state index in [-0.39, 0.29) is 17.3 Å². The van der Waals surface area contributed by atoms with Gasteiger partial charge in [0.05, 0.1) is 28.8 Å². The fourth-order valence-electron chi connectivity index (χ4n) is 1.87. The summed E-state index contributed by atoms with van der Waals surface area (Å²) in [6.07, 6.45) is 0.728. The number of non-ortho nitro benzene ring substituents is 1. The minimum atomic E-state index is -0.560. The van der Waals surface area contributed by atoms with Crippen LogP contribution in [0, 0.1) is 10.1 Å². The van der Waals surface area contributed by atoms with Crippen molar-refractivity contribution in [2.75, 3.05) is 18.6 Å². The van der Waals surface area contributed by atoms with Gasteiger partial charge in [-0.15, -0.1) is 0 Å². The van der Waals surface area contributed by atoms with Crippen LogP contribution < -0.4 is 16.6 Å². The zero-order valence-corrected chi connectivity index (χ0v) is 10.1. The van der Waals surface area contributed by atoms with Gasteiger partial charge in [0.2, 0.25) is 0 Å². The van der Waals surface area contributed by atoms with Gasteiger partial charge in [-0.05, 0) is 12.5 Å². The monoisotopic (exact) mass is 266 g/mol. The highest BCUT2D eigenvalue weighted by atomic mass is 16.6. The molecule has 4 N–H and O–H groups in total. The minimum absolute atomic E-state index is 0.0719. The lowest BCUT2D eigenvalue weighted by molar-refractivity contribution is -0.384. The summed E-state index contributed by atoms with van der Waals surface area (Å²) in [5, 5.41) is 13.5. The third kappa shape index (κ3) is 2.98. The molecule has 1 saturated heterocycles. The number of nitrogens with zero attached hydrogens (tertiary/aromatic N) is 1. The number of nitrogens with one attached hydrogen (secondary N) is 2. The second-order valence-electron chi connectivity index (χ2n) is 4.17. The van der Waals surface area contributed by atoms with Crippen LogP contribution in [0.3, 0.4) is 0 Å². The minimum Gasteiger partial charge on any atom is -0.379 e. The van der Waals surface area contributed by atoms with E-state index in [1.165, 1.54) is 18.2 Å². The number of hydrazine groups is 1. The van der Waals surface area contributed by atoms with Crippen LogP contribution in [0.2, 0.25) is 0 Å². The van der Waals surface area contributed by atoms with Crippen molar-refractivity contribution in [3.63, 3.8) is 0 Å². The van der Waals surface area contributed by atoms with E-state index in [2.05, 4.69) is 10.7 Å². The first kappa shape index (κ1) is 13.2. The van der Waals surface area contributed by atoms with Crippen molar-refractivity contribution < 1.29 is 14.5 Å². The molecule has 1 aromatic carbocycles. The second kappa shape index (κ2) is 5.63. The standard InChI is InChI=1S/C11H14N4O4/c12-14-10-2-1-8(15(17)18)5-9(10)11(16)13-7-3-4-19-6-7/h1-2,5,7,14H,3-4,6,12H2,(H,13,16). The molecule has 1 unspecified atom stereocenters. The van der Waals surface area contributed by atoms with Crippen LogP contribution >= 0.6 is 0 Å². The normalized spacial score (nSPS) is 18.1. The third-order valence-corrected chi connectivity index (χ3v) is 2.88. The number of nitro benzene ring substituents is 1. The Kier molecular flexibility index (Phi) is 3.93. The number of ether oxygens (including phenoxy) is 1. The number of benzene rings is 1. The molecule has 1 amide bonds. The van der Waals surface area contributed by atoms with Gasteiger partial charge in [-0.25, -0.2) is 0 Å². The van der Waals surface area contributed by atoms with Crippen molar-refractivity contribution in [2.24, 2.45) is 5.84 Å². The van der Waals surface area contributed by atoms with E-state index in [4.69, 9.17) is 10.6 Å². The predicted octanol–water partition coefficient (Wildman–Crippen LogP) is 0.399. The molecule has 1 aromatic rings. The Morgan fingerprint density at radius 1 is 1.53 bits per heavy atom. The van der Waals surface area contributed by atoms with Crippen LogP contribution in [0.1, 0.15) is 16.8 Å². The van der Waals surface area contributed by atoms with E-state index in [0.717, 1.165) is 6.42 Å². The number of rotatable bonds is 4. The van der Waals surface area contributed by atoms with Crippen LogP contribution in [0.25, 0.3) is 0 Å². The zero-order valence-electron chi connectivity index (χ0n) is 10.1. The molecule has 1 fully saturated rings. The first-order chi connectivity index (χ1) is 9.11. The van der Waals surface area contributed by atoms with Crippen molar-refractivity contribution in [1.82, 2.24) is 5.32 Å². The Bertz CT molecular complexity index is 499. The van der Waals surface area contributed by atoms with Crippen LogP contribution in [-0.2, 0) is 4.74 Å². The summed E-state index contributed by atoms with van der Waals surface area (Å²) in [4.78, 5) is 22.2. The Balaban J connectivity index is 2.22. The van der Waals surface area contributed by atoms with Crippen LogP contribution in [0.5, 0.6) is 0 Å². The molecule has 0 radical (unpaired) electrons. The van der Waals surface area contributed by atoms with Crippen molar-refractivity contribution in [2.45, 2.75) is 12.5 Å². The van der Waals surface area contributed by atoms with E-state index < -0.39 is 10.8 Å². The molecule has 1 aliphatic heterocycles. The largest absolute Gasteiger partial charge is 0.379 e. The van der Waals surface area contributed by atoms with E-state index in [0.29, 0.717) is 18.9 Å². The number of nitrogens with two attached hydrogens (primary N) is 1. The number of carbonyl (C=O) groups excluding carboxylic acids is 1. The number of hydrogen-bond acceptors (Lipinski definition) is 6. The topological polar surface area (TPSA) is 120 Å². The van der Waals surface area contributed by atoms with Gasteiger partial charge in [0, 0.05) is 18.7 Å². The number of nitrogen functional groups attached to an aromatic ring is 1. The quantitative estimate of drug-likeness (QED) is 0.412.